The number of rotatable bonds is 11. The maximum absolute atomic E-state index is 14.5. The Hall–Kier alpha value is -4.15. The lowest BCUT2D eigenvalue weighted by atomic mass is 9.83. The van der Waals surface area contributed by atoms with Crippen LogP contribution in [0.2, 0.25) is 0 Å². The quantitative estimate of drug-likeness (QED) is 0.280. The molecule has 2 saturated heterocycles. The van der Waals surface area contributed by atoms with Gasteiger partial charge in [0.15, 0.2) is 5.78 Å². The van der Waals surface area contributed by atoms with Gasteiger partial charge in [-0.15, -0.1) is 0 Å². The lowest BCUT2D eigenvalue weighted by molar-refractivity contribution is -0.143. The van der Waals surface area contributed by atoms with Crippen LogP contribution < -0.4 is 20.7 Å². The van der Waals surface area contributed by atoms with Gasteiger partial charge in [0.25, 0.3) is 5.91 Å². The zero-order valence-electron chi connectivity index (χ0n) is 26.9. The molecule has 0 unspecified atom stereocenters. The molecule has 6 rings (SSSR count). The van der Waals surface area contributed by atoms with E-state index in [2.05, 4.69) is 41.4 Å². The molecule has 0 radical (unpaired) electrons. The van der Waals surface area contributed by atoms with Crippen LogP contribution in [0.1, 0.15) is 69.3 Å². The number of nitrogens with zero attached hydrogens (tertiary/aromatic N) is 1. The molecule has 11 heteroatoms. The van der Waals surface area contributed by atoms with Crippen molar-refractivity contribution < 1.29 is 28.7 Å². The number of carbonyl (C=O) groups excluding carboxylic acids is 5. The lowest BCUT2D eigenvalue weighted by Crippen LogP contribution is -2.59. The molecule has 46 heavy (non-hydrogen) atoms. The summed E-state index contributed by atoms with van der Waals surface area (Å²) in [5.41, 5.74) is 0.937. The van der Waals surface area contributed by atoms with E-state index in [9.17, 15) is 24.0 Å². The summed E-state index contributed by atoms with van der Waals surface area (Å²) in [6.07, 6.45) is 6.57. The van der Waals surface area contributed by atoms with Gasteiger partial charge in [-0.1, -0.05) is 45.8 Å². The summed E-state index contributed by atoms with van der Waals surface area (Å²) in [6, 6.07) is 4.77. The van der Waals surface area contributed by atoms with E-state index in [1.54, 1.807) is 18.1 Å². The minimum atomic E-state index is -0.912. The van der Waals surface area contributed by atoms with E-state index >= 15 is 0 Å². The monoisotopic (exact) mass is 631 g/mol. The molecule has 1 aromatic heterocycles. The number of methoxy groups -OCH3 is 1. The van der Waals surface area contributed by atoms with E-state index in [1.807, 2.05) is 18.2 Å². The molecule has 11 nitrogen and oxygen atoms in total. The van der Waals surface area contributed by atoms with E-state index < -0.39 is 24.0 Å². The van der Waals surface area contributed by atoms with Gasteiger partial charge in [0.1, 0.15) is 23.5 Å². The maximum Gasteiger partial charge on any atom is 0.268 e. The van der Waals surface area contributed by atoms with Crippen molar-refractivity contribution in [3.8, 4) is 5.75 Å². The third-order valence-electron chi connectivity index (χ3n) is 11.1. The van der Waals surface area contributed by atoms with Crippen molar-refractivity contribution in [3.63, 3.8) is 0 Å². The van der Waals surface area contributed by atoms with Gasteiger partial charge >= 0.3 is 0 Å². The smallest absolute Gasteiger partial charge is 0.268 e. The Bertz CT molecular complexity index is 1560. The van der Waals surface area contributed by atoms with Crippen LogP contribution in [0.5, 0.6) is 5.75 Å². The Kier molecular flexibility index (Phi) is 8.69. The van der Waals surface area contributed by atoms with Crippen molar-refractivity contribution in [2.24, 2.45) is 29.1 Å². The van der Waals surface area contributed by atoms with Gasteiger partial charge in [-0.25, -0.2) is 0 Å². The molecule has 0 bridgehead atoms. The highest BCUT2D eigenvalue weighted by atomic mass is 16.5. The zero-order valence-corrected chi connectivity index (χ0v) is 26.9. The molecule has 4 fully saturated rings. The fourth-order valence-corrected chi connectivity index (χ4v) is 8.29. The molecular weight excluding hydrogens is 586 g/mol. The number of aromatic amines is 1. The second-order valence-corrected chi connectivity index (χ2v) is 14.0. The first-order chi connectivity index (χ1) is 22.0. The van der Waals surface area contributed by atoms with Crippen molar-refractivity contribution in [1.82, 2.24) is 25.8 Å². The predicted octanol–water partition coefficient (Wildman–Crippen LogP) is 3.10. The number of nitrogens with one attached hydrogen (secondary N) is 4. The number of likely N-dealkylation sites (tertiary alicyclic amines) is 1. The molecule has 2 aliphatic carbocycles. The van der Waals surface area contributed by atoms with Crippen LogP contribution in [0.25, 0.3) is 10.9 Å². The van der Waals surface area contributed by atoms with Gasteiger partial charge in [0, 0.05) is 29.9 Å². The fraction of sp³-hybridized carbons (Fsp3) is 0.571. The third kappa shape index (κ3) is 5.80. The molecule has 0 spiro atoms. The Morgan fingerprint density at radius 2 is 1.89 bits per heavy atom. The summed E-state index contributed by atoms with van der Waals surface area (Å²) < 4.78 is 5.46. The first kappa shape index (κ1) is 31.8. The van der Waals surface area contributed by atoms with E-state index in [4.69, 9.17) is 4.74 Å². The van der Waals surface area contributed by atoms with Crippen molar-refractivity contribution in [3.05, 3.63) is 42.6 Å². The highest BCUT2D eigenvalue weighted by Gasteiger charge is 2.69. The number of piperidine rings is 1. The van der Waals surface area contributed by atoms with E-state index in [0.29, 0.717) is 31.0 Å². The minimum absolute atomic E-state index is 0.0614. The van der Waals surface area contributed by atoms with Crippen LogP contribution in [0.4, 0.5) is 0 Å². The van der Waals surface area contributed by atoms with E-state index in [-0.39, 0.29) is 59.0 Å². The Morgan fingerprint density at radius 3 is 2.57 bits per heavy atom. The molecular formula is C35H45N5O6. The molecule has 2 aliphatic heterocycles. The number of carbonyl (C=O) groups is 5. The number of fused-ring (bicyclic) bond motifs is 2. The Morgan fingerprint density at radius 1 is 1.13 bits per heavy atom. The largest absolute Gasteiger partial charge is 0.496 e. The number of hydrogen-bond acceptors (Lipinski definition) is 6. The maximum atomic E-state index is 14.5. The van der Waals surface area contributed by atoms with Crippen LogP contribution in [-0.4, -0.2) is 77.6 Å². The zero-order chi connectivity index (χ0) is 32.7. The Labute approximate surface area is 269 Å². The molecule has 246 valence electrons. The molecule has 4 aliphatic rings. The standard InChI is InChI=1S/C35H45N5O6/c1-5-26(41)24(16-20-14-15-36-31(20)42)38-33(44)30-28-22(35(28,2)3)18-40(30)34(45)29(19-10-7-6-8-11-19)39-32(43)25-17-21-23(37-25)12-9-13-27(21)46-4/h5,9,12-13,17,19-20,22,24,28-30,37H,1,6-8,10-11,14-16,18H2,2-4H3,(H,36,42)(H,38,44)(H,39,43)/t20-,22-,24-,28-,29-,30-/m0/s1. The number of hydrogen-bond donors (Lipinski definition) is 4. The highest BCUT2D eigenvalue weighted by molar-refractivity contribution is 6.03. The highest BCUT2D eigenvalue weighted by Crippen LogP contribution is 2.65. The summed E-state index contributed by atoms with van der Waals surface area (Å²) in [6.45, 7) is 8.75. The number of ether oxygens (including phenoxy) is 1. The molecule has 3 heterocycles. The lowest BCUT2D eigenvalue weighted by Gasteiger charge is -2.37. The van der Waals surface area contributed by atoms with Crippen molar-refractivity contribution in [1.29, 1.82) is 0 Å². The number of amides is 4. The van der Waals surface area contributed by atoms with Crippen LogP contribution in [0, 0.1) is 29.1 Å². The van der Waals surface area contributed by atoms with Crippen LogP contribution in [-0.2, 0) is 19.2 Å². The SMILES string of the molecule is C=CC(=O)[C@H](C[C@@H]1CCNC1=O)NC(=O)[C@@H]1[C@@H]2[C@H](CN1C(=O)[C@@H](NC(=O)c1cc3c(OC)cccc3[nH]1)C1CCCCC1)C2(C)C. The summed E-state index contributed by atoms with van der Waals surface area (Å²) in [7, 11) is 1.58. The summed E-state index contributed by atoms with van der Waals surface area (Å²) in [5, 5.41) is 9.53. The van der Waals surface area contributed by atoms with Crippen molar-refractivity contribution in [2.45, 2.75) is 76.9 Å². The van der Waals surface area contributed by atoms with E-state index in [1.165, 1.54) is 6.08 Å². The Balaban J connectivity index is 1.25. The minimum Gasteiger partial charge on any atom is -0.496 e. The third-order valence-corrected chi connectivity index (χ3v) is 11.1. The second-order valence-electron chi connectivity index (χ2n) is 14.0. The van der Waals surface area contributed by atoms with Crippen molar-refractivity contribution in [2.75, 3.05) is 20.2 Å². The number of aromatic nitrogens is 1. The average Bonchev–Trinajstić information content (AvgIpc) is 3.58. The first-order valence-electron chi connectivity index (χ1n) is 16.6. The van der Waals surface area contributed by atoms with Gasteiger partial charge in [-0.3, -0.25) is 24.0 Å². The van der Waals surface area contributed by atoms with Gasteiger partial charge in [0.2, 0.25) is 17.7 Å². The molecule has 2 saturated carbocycles. The van der Waals surface area contributed by atoms with E-state index in [0.717, 1.165) is 43.0 Å². The number of ketones is 1. The first-order valence-corrected chi connectivity index (χ1v) is 16.6. The van der Waals surface area contributed by atoms with Crippen LogP contribution >= 0.6 is 0 Å². The van der Waals surface area contributed by atoms with Crippen LogP contribution in [0.15, 0.2) is 36.9 Å². The van der Waals surface area contributed by atoms with Gasteiger partial charge < -0.3 is 30.6 Å². The summed E-state index contributed by atoms with van der Waals surface area (Å²) in [4.78, 5) is 72.3. The van der Waals surface area contributed by atoms with Crippen molar-refractivity contribution >= 4 is 40.3 Å². The molecule has 4 N–H and O–H groups in total. The topological polar surface area (TPSA) is 150 Å². The van der Waals surface area contributed by atoms with Gasteiger partial charge in [0.05, 0.1) is 13.2 Å². The number of benzene rings is 1. The summed E-state index contributed by atoms with van der Waals surface area (Å²) in [5.74, 6) is -1.29. The fourth-order valence-electron chi connectivity index (χ4n) is 8.29. The average molecular weight is 632 g/mol. The van der Waals surface area contributed by atoms with Gasteiger partial charge in [-0.05, 0) is 73.1 Å². The summed E-state index contributed by atoms with van der Waals surface area (Å²) >= 11 is 0. The van der Waals surface area contributed by atoms with Crippen LogP contribution in [0.3, 0.4) is 0 Å². The molecule has 1 aromatic carbocycles. The normalized spacial score (nSPS) is 26.5. The second kappa shape index (κ2) is 12.6. The molecule has 4 amide bonds. The molecule has 2 aromatic rings. The molecule has 6 atom stereocenters. The van der Waals surface area contributed by atoms with Gasteiger partial charge in [-0.2, -0.15) is 0 Å². The number of H-pyrrole nitrogens is 1. The predicted molar refractivity (Wildman–Crippen MR) is 172 cm³/mol.